The van der Waals surface area contributed by atoms with Gasteiger partial charge in [-0.2, -0.15) is 0 Å². The summed E-state index contributed by atoms with van der Waals surface area (Å²) in [5.74, 6) is -2.38. The Kier molecular flexibility index (Phi) is 6.21. The van der Waals surface area contributed by atoms with Crippen molar-refractivity contribution in [2.24, 2.45) is 0 Å². The molecule has 3 aromatic carbocycles. The number of nitrogens with one attached hydrogen (secondary N) is 1. The summed E-state index contributed by atoms with van der Waals surface area (Å²) in [7, 11) is 0. The number of ether oxygens (including phenoxy) is 1. The molecule has 36 heavy (non-hydrogen) atoms. The Morgan fingerprint density at radius 3 is 2.14 bits per heavy atom. The van der Waals surface area contributed by atoms with Crippen molar-refractivity contribution in [2.75, 3.05) is 5.32 Å². The van der Waals surface area contributed by atoms with Crippen LogP contribution in [0.5, 0.6) is 5.75 Å². The molecule has 1 aliphatic heterocycles. The minimum absolute atomic E-state index is 0.152. The average Bonchev–Trinajstić information content (AvgIpc) is 3.15. The Hall–Kier alpha value is -4.34. The number of nitrogens with zero attached hydrogens (tertiary/aromatic N) is 1. The van der Waals surface area contributed by atoms with Crippen LogP contribution in [0.25, 0.3) is 11.1 Å². The molecule has 0 bridgehead atoms. The molecule has 3 aromatic rings. The zero-order chi connectivity index (χ0) is 26.3. The number of alkyl halides is 3. The summed E-state index contributed by atoms with van der Waals surface area (Å²) in [6.07, 6.45) is -4.81. The van der Waals surface area contributed by atoms with Crippen LogP contribution in [0.4, 0.5) is 18.9 Å². The number of hydrogen-bond donors (Lipinski definition) is 2. The fourth-order valence-corrected chi connectivity index (χ4v) is 3.80. The molecule has 1 aliphatic rings. The molecule has 4 rings (SSSR count). The second-order valence-electron chi connectivity index (χ2n) is 8.73. The molecule has 0 saturated carbocycles. The quantitative estimate of drug-likeness (QED) is 0.480. The molecule has 7 nitrogen and oxygen atoms in total. The summed E-state index contributed by atoms with van der Waals surface area (Å²) >= 11 is 0. The first-order valence-corrected chi connectivity index (χ1v) is 10.8. The van der Waals surface area contributed by atoms with Crippen LogP contribution in [0.15, 0.2) is 66.7 Å². The minimum Gasteiger partial charge on any atom is -0.480 e. The fourth-order valence-electron chi connectivity index (χ4n) is 3.80. The summed E-state index contributed by atoms with van der Waals surface area (Å²) in [6.45, 7) is 3.18. The second-order valence-corrected chi connectivity index (χ2v) is 8.73. The molecule has 1 heterocycles. The Morgan fingerprint density at radius 2 is 1.56 bits per heavy atom. The van der Waals surface area contributed by atoms with Crippen molar-refractivity contribution in [3.05, 3.63) is 83.4 Å². The van der Waals surface area contributed by atoms with Gasteiger partial charge in [-0.1, -0.05) is 24.3 Å². The molecule has 186 valence electrons. The first kappa shape index (κ1) is 24.8. The first-order chi connectivity index (χ1) is 16.8. The lowest BCUT2D eigenvalue weighted by atomic mass is 10.00. The van der Waals surface area contributed by atoms with Gasteiger partial charge in [0.15, 0.2) is 0 Å². The van der Waals surface area contributed by atoms with Gasteiger partial charge in [0.1, 0.15) is 11.3 Å². The van der Waals surface area contributed by atoms with Crippen LogP contribution in [-0.2, 0) is 11.3 Å². The van der Waals surface area contributed by atoms with E-state index >= 15 is 0 Å². The molecular weight excluding hydrogens is 477 g/mol. The molecule has 0 fully saturated rings. The van der Waals surface area contributed by atoms with E-state index in [1.165, 1.54) is 30.9 Å². The van der Waals surface area contributed by atoms with Crippen molar-refractivity contribution in [1.29, 1.82) is 0 Å². The summed E-state index contributed by atoms with van der Waals surface area (Å²) in [6, 6.07) is 16.7. The lowest BCUT2D eigenvalue weighted by molar-refractivity contribution is -0.274. The van der Waals surface area contributed by atoms with E-state index in [9.17, 15) is 32.7 Å². The van der Waals surface area contributed by atoms with Gasteiger partial charge in [-0.3, -0.25) is 9.59 Å². The molecule has 0 radical (unpaired) electrons. The Balaban J connectivity index is 1.46. The number of anilines is 1. The van der Waals surface area contributed by atoms with E-state index < -0.39 is 29.5 Å². The number of rotatable bonds is 6. The van der Waals surface area contributed by atoms with Crippen molar-refractivity contribution in [3.8, 4) is 16.9 Å². The lowest BCUT2D eigenvalue weighted by Crippen LogP contribution is -2.50. The lowest BCUT2D eigenvalue weighted by Gasteiger charge is -2.31. The van der Waals surface area contributed by atoms with Gasteiger partial charge in [0, 0.05) is 23.4 Å². The molecule has 0 unspecified atom stereocenters. The van der Waals surface area contributed by atoms with E-state index in [0.717, 1.165) is 28.8 Å². The van der Waals surface area contributed by atoms with Crippen molar-refractivity contribution in [3.63, 3.8) is 0 Å². The molecule has 0 aromatic heterocycles. The number of carbonyl (C=O) groups is 3. The van der Waals surface area contributed by atoms with E-state index in [-0.39, 0.29) is 18.0 Å². The Morgan fingerprint density at radius 1 is 0.944 bits per heavy atom. The van der Waals surface area contributed by atoms with Gasteiger partial charge in [-0.15, -0.1) is 13.2 Å². The molecule has 0 atom stereocenters. The van der Waals surface area contributed by atoms with Crippen LogP contribution in [-0.4, -0.2) is 39.7 Å². The number of fused-ring (bicyclic) bond motifs is 1. The maximum atomic E-state index is 12.9. The third-order valence-electron chi connectivity index (χ3n) is 5.94. The predicted molar refractivity (Wildman–Crippen MR) is 125 cm³/mol. The SMILES string of the molecule is CC(C)(C(=O)O)N1Cc2ccc(-c3ccc(NC(=O)c4ccc(OC(F)(F)F)cc4)cc3)cc2C1=O. The zero-order valence-electron chi connectivity index (χ0n) is 19.2. The van der Waals surface area contributed by atoms with Crippen molar-refractivity contribution < 1.29 is 37.4 Å². The topological polar surface area (TPSA) is 95.9 Å². The maximum Gasteiger partial charge on any atom is 0.573 e. The van der Waals surface area contributed by atoms with Gasteiger partial charge in [-0.25, -0.2) is 4.79 Å². The van der Waals surface area contributed by atoms with Gasteiger partial charge >= 0.3 is 12.3 Å². The van der Waals surface area contributed by atoms with E-state index in [0.29, 0.717) is 11.3 Å². The Bertz CT molecular complexity index is 1330. The maximum absolute atomic E-state index is 12.9. The fraction of sp³-hybridized carbons (Fsp3) is 0.192. The summed E-state index contributed by atoms with van der Waals surface area (Å²) in [5, 5.41) is 12.1. The molecule has 2 amide bonds. The normalized spacial score (nSPS) is 13.4. The number of amides is 2. The standard InChI is InChI=1S/C26H21F3N2O5/c1-25(2,24(34)35)31-14-18-4-3-17(13-21(18)23(31)33)15-5-9-19(10-6-15)30-22(32)16-7-11-20(12-8-16)36-26(27,28)29/h3-13H,14H2,1-2H3,(H,30,32)(H,34,35). The molecule has 0 saturated heterocycles. The van der Waals surface area contributed by atoms with Crippen molar-refractivity contribution in [2.45, 2.75) is 32.3 Å². The number of aliphatic carboxylic acids is 1. The van der Waals surface area contributed by atoms with Crippen LogP contribution in [0.2, 0.25) is 0 Å². The smallest absolute Gasteiger partial charge is 0.480 e. The van der Waals surface area contributed by atoms with E-state index in [1.54, 1.807) is 36.4 Å². The van der Waals surface area contributed by atoms with Crippen LogP contribution < -0.4 is 10.1 Å². The van der Waals surface area contributed by atoms with E-state index in [1.807, 2.05) is 6.07 Å². The number of carboxylic acids is 1. The summed E-state index contributed by atoms with van der Waals surface area (Å²) in [5.41, 5.74) is 1.97. The Labute approximate surface area is 204 Å². The largest absolute Gasteiger partial charge is 0.573 e. The first-order valence-electron chi connectivity index (χ1n) is 10.8. The highest BCUT2D eigenvalue weighted by Crippen LogP contribution is 2.33. The van der Waals surface area contributed by atoms with E-state index in [2.05, 4.69) is 10.1 Å². The number of benzene rings is 3. The van der Waals surface area contributed by atoms with Gasteiger partial charge < -0.3 is 20.1 Å². The predicted octanol–water partition coefficient (Wildman–Crippen LogP) is 5.32. The van der Waals surface area contributed by atoms with Gasteiger partial charge in [0.25, 0.3) is 11.8 Å². The second kappa shape index (κ2) is 9.03. The zero-order valence-corrected chi connectivity index (χ0v) is 19.2. The third kappa shape index (κ3) is 5.02. The minimum atomic E-state index is -4.81. The van der Waals surface area contributed by atoms with Gasteiger partial charge in [0.2, 0.25) is 0 Å². The van der Waals surface area contributed by atoms with Crippen molar-refractivity contribution in [1.82, 2.24) is 4.90 Å². The summed E-state index contributed by atoms with van der Waals surface area (Å²) < 4.78 is 40.6. The monoisotopic (exact) mass is 498 g/mol. The van der Waals surface area contributed by atoms with Gasteiger partial charge in [0.05, 0.1) is 0 Å². The molecular formula is C26H21F3N2O5. The number of hydrogen-bond acceptors (Lipinski definition) is 4. The molecule has 0 aliphatic carbocycles. The number of carbonyl (C=O) groups excluding carboxylic acids is 2. The average molecular weight is 498 g/mol. The number of halogens is 3. The molecule has 2 N–H and O–H groups in total. The van der Waals surface area contributed by atoms with Crippen LogP contribution in [0, 0.1) is 0 Å². The number of carboxylic acid groups (broad SMARTS) is 1. The molecule has 10 heteroatoms. The highest BCUT2D eigenvalue weighted by molar-refractivity contribution is 6.04. The third-order valence-corrected chi connectivity index (χ3v) is 5.94. The van der Waals surface area contributed by atoms with Crippen LogP contribution in [0.3, 0.4) is 0 Å². The van der Waals surface area contributed by atoms with Crippen LogP contribution >= 0.6 is 0 Å². The van der Waals surface area contributed by atoms with Crippen LogP contribution in [0.1, 0.15) is 40.1 Å². The van der Waals surface area contributed by atoms with Gasteiger partial charge in [-0.05, 0) is 73.0 Å². The summed E-state index contributed by atoms with van der Waals surface area (Å²) in [4.78, 5) is 38.2. The van der Waals surface area contributed by atoms with Crippen molar-refractivity contribution >= 4 is 23.5 Å². The highest BCUT2D eigenvalue weighted by Gasteiger charge is 2.42. The molecule has 0 spiro atoms. The van der Waals surface area contributed by atoms with E-state index in [4.69, 9.17) is 0 Å². The highest BCUT2D eigenvalue weighted by atomic mass is 19.4.